The summed E-state index contributed by atoms with van der Waals surface area (Å²) < 4.78 is 16.0. The van der Waals surface area contributed by atoms with Gasteiger partial charge in [-0.25, -0.2) is 0 Å². The summed E-state index contributed by atoms with van der Waals surface area (Å²) in [6.07, 6.45) is 3.70. The van der Waals surface area contributed by atoms with Crippen molar-refractivity contribution in [3.63, 3.8) is 0 Å². The van der Waals surface area contributed by atoms with Gasteiger partial charge in [0.15, 0.2) is 0 Å². The Hall–Kier alpha value is -1.63. The molecule has 0 atom stereocenters. The van der Waals surface area contributed by atoms with Gasteiger partial charge >= 0.3 is 0 Å². The van der Waals surface area contributed by atoms with Crippen molar-refractivity contribution in [1.82, 2.24) is 10.2 Å². The number of hydrogen-bond acceptors (Lipinski definition) is 5. The topological polar surface area (TPSA) is 60.0 Å². The number of nitrogens with one attached hydrogen (secondary N) is 1. The molecule has 1 aromatic rings. The Morgan fingerprint density at radius 2 is 1.86 bits per heavy atom. The van der Waals surface area contributed by atoms with Gasteiger partial charge in [-0.2, -0.15) is 0 Å². The molecule has 28 heavy (non-hydrogen) atoms. The fourth-order valence-electron chi connectivity index (χ4n) is 4.32. The van der Waals surface area contributed by atoms with Crippen LogP contribution in [0.1, 0.15) is 31.2 Å². The van der Waals surface area contributed by atoms with Gasteiger partial charge in [0.25, 0.3) is 0 Å². The SMILES string of the molecule is COCCN1CCC(CNC(=O)C2(c3ccc(OC)cc3)CCOCC2)CC1. The molecule has 2 aliphatic heterocycles. The van der Waals surface area contributed by atoms with Crippen LogP contribution in [-0.2, 0) is 19.7 Å². The number of carbonyl (C=O) groups excluding carboxylic acids is 1. The Kier molecular flexibility index (Phi) is 7.71. The lowest BCUT2D eigenvalue weighted by Crippen LogP contribution is -2.49. The zero-order chi connectivity index (χ0) is 19.8. The molecule has 0 radical (unpaired) electrons. The molecule has 0 spiro atoms. The molecule has 2 aliphatic rings. The lowest BCUT2D eigenvalue weighted by Gasteiger charge is -2.37. The maximum atomic E-state index is 13.3. The minimum absolute atomic E-state index is 0.141. The smallest absolute Gasteiger partial charge is 0.230 e. The second-order valence-corrected chi connectivity index (χ2v) is 7.91. The van der Waals surface area contributed by atoms with E-state index >= 15 is 0 Å². The van der Waals surface area contributed by atoms with Crippen molar-refractivity contribution < 1.29 is 19.0 Å². The summed E-state index contributed by atoms with van der Waals surface area (Å²) >= 11 is 0. The van der Waals surface area contributed by atoms with Crippen molar-refractivity contribution in [2.75, 3.05) is 60.2 Å². The van der Waals surface area contributed by atoms with Crippen LogP contribution < -0.4 is 10.1 Å². The summed E-state index contributed by atoms with van der Waals surface area (Å²) in [6.45, 7) is 5.96. The van der Waals surface area contributed by atoms with E-state index in [0.29, 0.717) is 19.1 Å². The first-order chi connectivity index (χ1) is 13.7. The van der Waals surface area contributed by atoms with Gasteiger partial charge < -0.3 is 24.4 Å². The van der Waals surface area contributed by atoms with Crippen LogP contribution in [0.15, 0.2) is 24.3 Å². The summed E-state index contributed by atoms with van der Waals surface area (Å²) in [5.41, 5.74) is 0.562. The van der Waals surface area contributed by atoms with Crippen LogP contribution in [-0.4, -0.2) is 71.0 Å². The van der Waals surface area contributed by atoms with Crippen molar-refractivity contribution in [1.29, 1.82) is 0 Å². The van der Waals surface area contributed by atoms with Gasteiger partial charge in [0.2, 0.25) is 5.91 Å². The number of rotatable bonds is 8. The van der Waals surface area contributed by atoms with Crippen molar-refractivity contribution in [2.45, 2.75) is 31.1 Å². The highest BCUT2D eigenvalue weighted by atomic mass is 16.5. The number of methoxy groups -OCH3 is 2. The van der Waals surface area contributed by atoms with Gasteiger partial charge in [0.05, 0.1) is 19.1 Å². The predicted octanol–water partition coefficient (Wildman–Crippen LogP) is 2.22. The Bertz CT molecular complexity index is 605. The van der Waals surface area contributed by atoms with Crippen LogP contribution in [0.3, 0.4) is 0 Å². The molecule has 0 saturated carbocycles. The Balaban J connectivity index is 1.58. The molecule has 6 heteroatoms. The first kappa shape index (κ1) is 21.1. The molecular weight excluding hydrogens is 356 g/mol. The van der Waals surface area contributed by atoms with Gasteiger partial charge in [-0.15, -0.1) is 0 Å². The standard InChI is InChI=1S/C22H34N2O4/c1-26-16-13-24-11-7-18(8-12-24)17-23-21(25)22(9-14-28-15-10-22)19-3-5-20(27-2)6-4-19/h3-6,18H,7-17H2,1-2H3,(H,23,25). The van der Waals surface area contributed by atoms with E-state index in [1.807, 2.05) is 24.3 Å². The van der Waals surface area contributed by atoms with Crippen LogP contribution in [0, 0.1) is 5.92 Å². The molecule has 156 valence electrons. The fourth-order valence-corrected chi connectivity index (χ4v) is 4.32. The van der Waals surface area contributed by atoms with Crippen LogP contribution in [0.4, 0.5) is 0 Å². The second-order valence-electron chi connectivity index (χ2n) is 7.91. The van der Waals surface area contributed by atoms with E-state index in [2.05, 4.69) is 10.2 Å². The van der Waals surface area contributed by atoms with Crippen LogP contribution in [0.2, 0.25) is 0 Å². The van der Waals surface area contributed by atoms with E-state index in [4.69, 9.17) is 14.2 Å². The first-order valence-corrected chi connectivity index (χ1v) is 10.4. The molecule has 2 heterocycles. The molecule has 0 unspecified atom stereocenters. The van der Waals surface area contributed by atoms with E-state index in [-0.39, 0.29) is 5.91 Å². The van der Waals surface area contributed by atoms with Gasteiger partial charge in [-0.3, -0.25) is 4.79 Å². The van der Waals surface area contributed by atoms with Crippen molar-refractivity contribution >= 4 is 5.91 Å². The number of hydrogen-bond donors (Lipinski definition) is 1. The summed E-state index contributed by atoms with van der Waals surface area (Å²) in [5, 5.41) is 3.28. The van der Waals surface area contributed by atoms with E-state index < -0.39 is 5.41 Å². The Morgan fingerprint density at radius 3 is 2.46 bits per heavy atom. The van der Waals surface area contributed by atoms with Crippen molar-refractivity contribution in [2.24, 2.45) is 5.92 Å². The van der Waals surface area contributed by atoms with Crippen LogP contribution in [0.5, 0.6) is 5.75 Å². The van der Waals surface area contributed by atoms with E-state index in [0.717, 1.165) is 69.8 Å². The molecule has 0 aliphatic carbocycles. The van der Waals surface area contributed by atoms with Gasteiger partial charge in [-0.1, -0.05) is 12.1 Å². The van der Waals surface area contributed by atoms with E-state index in [9.17, 15) is 4.79 Å². The third-order valence-electron chi connectivity index (χ3n) is 6.29. The number of benzene rings is 1. The minimum atomic E-state index is -0.496. The molecule has 1 N–H and O–H groups in total. The number of amides is 1. The molecule has 0 aromatic heterocycles. The molecule has 6 nitrogen and oxygen atoms in total. The van der Waals surface area contributed by atoms with Gasteiger partial charge in [-0.05, 0) is 62.4 Å². The number of nitrogens with zero attached hydrogens (tertiary/aromatic N) is 1. The summed E-state index contributed by atoms with van der Waals surface area (Å²) in [7, 11) is 3.41. The normalized spacial score (nSPS) is 20.6. The average molecular weight is 391 g/mol. The largest absolute Gasteiger partial charge is 0.497 e. The van der Waals surface area contributed by atoms with Crippen molar-refractivity contribution in [3.05, 3.63) is 29.8 Å². The maximum absolute atomic E-state index is 13.3. The highest BCUT2D eigenvalue weighted by molar-refractivity contribution is 5.88. The molecular formula is C22H34N2O4. The number of ether oxygens (including phenoxy) is 3. The zero-order valence-electron chi connectivity index (χ0n) is 17.2. The molecule has 1 amide bonds. The summed E-state index contributed by atoms with van der Waals surface area (Å²) in [5.74, 6) is 1.50. The third kappa shape index (κ3) is 5.04. The Morgan fingerprint density at radius 1 is 1.18 bits per heavy atom. The lowest BCUT2D eigenvalue weighted by atomic mass is 9.73. The summed E-state index contributed by atoms with van der Waals surface area (Å²) in [6, 6.07) is 7.93. The molecule has 0 bridgehead atoms. The molecule has 3 rings (SSSR count). The Labute approximate surface area is 168 Å². The minimum Gasteiger partial charge on any atom is -0.497 e. The molecule has 2 fully saturated rings. The van der Waals surface area contributed by atoms with E-state index in [1.54, 1.807) is 14.2 Å². The van der Waals surface area contributed by atoms with Gasteiger partial charge in [0.1, 0.15) is 5.75 Å². The van der Waals surface area contributed by atoms with Crippen LogP contribution in [0.25, 0.3) is 0 Å². The quantitative estimate of drug-likeness (QED) is 0.738. The number of carbonyl (C=O) groups is 1. The fraction of sp³-hybridized carbons (Fsp3) is 0.682. The molecule has 2 saturated heterocycles. The number of piperidine rings is 1. The second kappa shape index (κ2) is 10.2. The molecule has 1 aromatic carbocycles. The van der Waals surface area contributed by atoms with Crippen molar-refractivity contribution in [3.8, 4) is 5.75 Å². The van der Waals surface area contributed by atoms with Gasteiger partial charge in [0, 0.05) is 33.4 Å². The third-order valence-corrected chi connectivity index (χ3v) is 6.29. The maximum Gasteiger partial charge on any atom is 0.230 e. The van der Waals surface area contributed by atoms with Crippen LogP contribution >= 0.6 is 0 Å². The van der Waals surface area contributed by atoms with E-state index in [1.165, 1.54) is 0 Å². The monoisotopic (exact) mass is 390 g/mol. The summed E-state index contributed by atoms with van der Waals surface area (Å²) in [4.78, 5) is 15.7. The first-order valence-electron chi connectivity index (χ1n) is 10.4. The highest BCUT2D eigenvalue weighted by Gasteiger charge is 2.41. The average Bonchev–Trinajstić information content (AvgIpc) is 2.77. The lowest BCUT2D eigenvalue weighted by molar-refractivity contribution is -0.130. The predicted molar refractivity (Wildman–Crippen MR) is 109 cm³/mol. The highest BCUT2D eigenvalue weighted by Crippen LogP contribution is 2.36. The number of likely N-dealkylation sites (tertiary alicyclic amines) is 1. The zero-order valence-corrected chi connectivity index (χ0v) is 17.2.